The molecule has 0 amide bonds. The van der Waals surface area contributed by atoms with Crippen LogP contribution in [0.5, 0.6) is 0 Å². The molecule has 1 unspecified atom stereocenters. The maximum atomic E-state index is 12.4. The van der Waals surface area contributed by atoms with Crippen molar-refractivity contribution in [2.45, 2.75) is 12.6 Å². The normalized spacial score (nSPS) is 22.7. The van der Waals surface area contributed by atoms with Crippen LogP contribution < -0.4 is 0 Å². The number of hydrogen-bond donors (Lipinski definition) is 0. The topological polar surface area (TPSA) is 26.3 Å². The SMILES string of the molecule is O=C(OCl)C1=CCC(F)C=C1. The van der Waals surface area contributed by atoms with Crippen molar-refractivity contribution in [3.63, 3.8) is 0 Å². The number of hydrogen-bond acceptors (Lipinski definition) is 2. The lowest BCUT2D eigenvalue weighted by Gasteiger charge is -2.05. The Hall–Kier alpha value is -0.830. The molecule has 0 saturated heterocycles. The van der Waals surface area contributed by atoms with E-state index >= 15 is 0 Å². The van der Waals surface area contributed by atoms with Gasteiger partial charge in [-0.3, -0.25) is 0 Å². The summed E-state index contributed by atoms with van der Waals surface area (Å²) in [6.07, 6.45) is 3.32. The quantitative estimate of drug-likeness (QED) is 0.610. The first-order valence-electron chi connectivity index (χ1n) is 3.09. The zero-order valence-electron chi connectivity index (χ0n) is 5.59. The lowest BCUT2D eigenvalue weighted by atomic mass is 10.1. The Morgan fingerprint density at radius 2 is 2.55 bits per heavy atom. The van der Waals surface area contributed by atoms with Crippen LogP contribution in [-0.4, -0.2) is 12.1 Å². The summed E-state index contributed by atoms with van der Waals surface area (Å²) in [4.78, 5) is 10.7. The average Bonchev–Trinajstić information content (AvgIpc) is 2.05. The molecule has 0 bridgehead atoms. The summed E-state index contributed by atoms with van der Waals surface area (Å²) in [7, 11) is 0. The van der Waals surface area contributed by atoms with Crippen molar-refractivity contribution in [3.05, 3.63) is 23.8 Å². The molecule has 0 aromatic heterocycles. The molecule has 11 heavy (non-hydrogen) atoms. The first-order valence-corrected chi connectivity index (χ1v) is 3.40. The van der Waals surface area contributed by atoms with Gasteiger partial charge >= 0.3 is 5.97 Å². The third kappa shape index (κ3) is 2.05. The lowest BCUT2D eigenvalue weighted by molar-refractivity contribution is -0.129. The van der Waals surface area contributed by atoms with Gasteiger partial charge in [0.05, 0.1) is 5.57 Å². The molecule has 1 aliphatic carbocycles. The zero-order valence-corrected chi connectivity index (χ0v) is 6.34. The summed E-state index contributed by atoms with van der Waals surface area (Å²) in [5.74, 6) is -0.644. The first kappa shape index (κ1) is 8.27. The Bertz CT molecular complexity index is 222. The van der Waals surface area contributed by atoms with E-state index in [9.17, 15) is 9.18 Å². The van der Waals surface area contributed by atoms with E-state index in [1.54, 1.807) is 0 Å². The second-order valence-electron chi connectivity index (χ2n) is 2.13. The molecule has 1 aliphatic rings. The molecule has 0 aliphatic heterocycles. The number of alkyl halides is 1. The van der Waals surface area contributed by atoms with Crippen molar-refractivity contribution >= 4 is 17.8 Å². The van der Waals surface area contributed by atoms with Gasteiger partial charge in [0.15, 0.2) is 0 Å². The number of rotatable bonds is 1. The molecule has 0 aromatic rings. The highest BCUT2D eigenvalue weighted by molar-refractivity contribution is 6.16. The first-order chi connectivity index (χ1) is 5.24. The fourth-order valence-corrected chi connectivity index (χ4v) is 0.879. The lowest BCUT2D eigenvalue weighted by Crippen LogP contribution is -2.06. The van der Waals surface area contributed by atoms with Gasteiger partial charge in [0.25, 0.3) is 0 Å². The Labute approximate surface area is 68.5 Å². The molecule has 1 atom stereocenters. The fraction of sp³-hybridized carbons (Fsp3) is 0.286. The highest BCUT2D eigenvalue weighted by Crippen LogP contribution is 2.14. The molecular formula is C7H6ClFO2. The summed E-state index contributed by atoms with van der Waals surface area (Å²) < 4.78 is 16.3. The Morgan fingerprint density at radius 1 is 1.82 bits per heavy atom. The van der Waals surface area contributed by atoms with E-state index in [0.29, 0.717) is 5.57 Å². The zero-order chi connectivity index (χ0) is 8.27. The predicted octanol–water partition coefficient (Wildman–Crippen LogP) is 1.91. The third-order valence-corrected chi connectivity index (χ3v) is 1.49. The molecule has 0 saturated carbocycles. The summed E-state index contributed by atoms with van der Waals surface area (Å²) in [6.45, 7) is 0. The Kier molecular flexibility index (Phi) is 2.65. The van der Waals surface area contributed by atoms with E-state index in [2.05, 4.69) is 4.29 Å². The fourth-order valence-electron chi connectivity index (χ4n) is 0.790. The van der Waals surface area contributed by atoms with E-state index in [4.69, 9.17) is 11.9 Å². The highest BCUT2D eigenvalue weighted by Gasteiger charge is 2.12. The standard InChI is InChI=1S/C7H6ClFO2/c8-11-7(10)5-1-3-6(9)4-2-5/h1-3,6H,4H2. The van der Waals surface area contributed by atoms with Crippen LogP contribution in [0.1, 0.15) is 6.42 Å². The van der Waals surface area contributed by atoms with Crippen molar-refractivity contribution in [3.8, 4) is 0 Å². The van der Waals surface area contributed by atoms with Gasteiger partial charge in [-0.1, -0.05) is 6.08 Å². The molecule has 0 spiro atoms. The third-order valence-electron chi connectivity index (χ3n) is 1.35. The summed E-state index contributed by atoms with van der Waals surface area (Å²) >= 11 is 4.80. The average molecular weight is 177 g/mol. The second-order valence-corrected chi connectivity index (χ2v) is 2.29. The Balaban J connectivity index is 2.63. The van der Waals surface area contributed by atoms with Gasteiger partial charge in [-0.05, 0) is 12.2 Å². The summed E-state index contributed by atoms with van der Waals surface area (Å²) in [6, 6.07) is 0. The van der Waals surface area contributed by atoms with Crippen molar-refractivity contribution in [1.82, 2.24) is 0 Å². The maximum Gasteiger partial charge on any atom is 0.355 e. The minimum Gasteiger partial charge on any atom is -0.343 e. The molecule has 0 radical (unpaired) electrons. The van der Waals surface area contributed by atoms with Crippen LogP contribution in [0.15, 0.2) is 23.8 Å². The van der Waals surface area contributed by atoms with Crippen molar-refractivity contribution in [1.29, 1.82) is 0 Å². The van der Waals surface area contributed by atoms with E-state index in [0.717, 1.165) is 0 Å². The van der Waals surface area contributed by atoms with Crippen molar-refractivity contribution in [2.75, 3.05) is 0 Å². The van der Waals surface area contributed by atoms with Crippen LogP contribution in [0, 0.1) is 0 Å². The van der Waals surface area contributed by atoms with Gasteiger partial charge in [0.2, 0.25) is 0 Å². The van der Waals surface area contributed by atoms with Crippen molar-refractivity contribution in [2.24, 2.45) is 0 Å². The molecule has 4 heteroatoms. The van der Waals surface area contributed by atoms with Crippen molar-refractivity contribution < 1.29 is 13.5 Å². The molecule has 0 aromatic carbocycles. The van der Waals surface area contributed by atoms with Crippen LogP contribution in [0.25, 0.3) is 0 Å². The smallest absolute Gasteiger partial charge is 0.343 e. The predicted molar refractivity (Wildman–Crippen MR) is 38.7 cm³/mol. The molecule has 0 heterocycles. The molecule has 0 fully saturated rings. The summed E-state index contributed by atoms with van der Waals surface area (Å²) in [5.41, 5.74) is 0.300. The second kappa shape index (κ2) is 3.53. The van der Waals surface area contributed by atoms with Gasteiger partial charge < -0.3 is 4.29 Å². The molecule has 2 nitrogen and oxygen atoms in total. The molecule has 60 valence electrons. The monoisotopic (exact) mass is 176 g/mol. The summed E-state index contributed by atoms with van der Waals surface area (Å²) in [5, 5.41) is 0. The van der Waals surface area contributed by atoms with Crippen LogP contribution >= 0.6 is 11.9 Å². The van der Waals surface area contributed by atoms with Gasteiger partial charge in [-0.25, -0.2) is 9.18 Å². The van der Waals surface area contributed by atoms with Gasteiger partial charge in [0.1, 0.15) is 18.0 Å². The van der Waals surface area contributed by atoms with Gasteiger partial charge in [-0.15, -0.1) is 0 Å². The van der Waals surface area contributed by atoms with Gasteiger partial charge in [0, 0.05) is 6.42 Å². The van der Waals surface area contributed by atoms with Gasteiger partial charge in [-0.2, -0.15) is 0 Å². The minimum absolute atomic E-state index is 0.206. The number of allylic oxidation sites excluding steroid dienone is 2. The van der Waals surface area contributed by atoms with Crippen LogP contribution in [0.4, 0.5) is 4.39 Å². The van der Waals surface area contributed by atoms with Crippen LogP contribution in [0.3, 0.4) is 0 Å². The largest absolute Gasteiger partial charge is 0.355 e. The van der Waals surface area contributed by atoms with E-state index < -0.39 is 12.1 Å². The number of carbonyl (C=O) groups is 1. The molecule has 1 rings (SSSR count). The number of halogens is 2. The number of carbonyl (C=O) groups excluding carboxylic acids is 1. The van der Waals surface area contributed by atoms with Crippen LogP contribution in [-0.2, 0) is 9.08 Å². The molecular weight excluding hydrogens is 171 g/mol. The van der Waals surface area contributed by atoms with E-state index in [1.807, 2.05) is 0 Å². The molecule has 0 N–H and O–H groups in total. The van der Waals surface area contributed by atoms with E-state index in [1.165, 1.54) is 18.2 Å². The minimum atomic E-state index is -0.998. The Morgan fingerprint density at radius 3 is 3.00 bits per heavy atom. The van der Waals surface area contributed by atoms with E-state index in [-0.39, 0.29) is 6.42 Å². The van der Waals surface area contributed by atoms with Crippen LogP contribution in [0.2, 0.25) is 0 Å². The maximum absolute atomic E-state index is 12.4. The highest BCUT2D eigenvalue weighted by atomic mass is 35.5.